The summed E-state index contributed by atoms with van der Waals surface area (Å²) >= 11 is 3.72. The molecule has 0 aliphatic carbocycles. The lowest BCUT2D eigenvalue weighted by molar-refractivity contribution is -0.141. The molecule has 1 aromatic carbocycles. The van der Waals surface area contributed by atoms with Gasteiger partial charge in [-0.1, -0.05) is 13.8 Å². The second kappa shape index (κ2) is 6.34. The smallest absolute Gasteiger partial charge is 0.327 e. The van der Waals surface area contributed by atoms with Gasteiger partial charge in [-0.15, -0.1) is 11.8 Å². The molecule has 1 heterocycles. The van der Waals surface area contributed by atoms with Crippen molar-refractivity contribution < 1.29 is 14.7 Å². The van der Waals surface area contributed by atoms with Crippen molar-refractivity contribution in [1.29, 1.82) is 0 Å². The first-order valence-electron chi connectivity index (χ1n) is 6.34. The average Bonchev–Trinajstić information content (AvgIpc) is 2.83. The minimum absolute atomic E-state index is 0.0807. The van der Waals surface area contributed by atoms with Crippen LogP contribution in [0.25, 0.3) is 0 Å². The van der Waals surface area contributed by atoms with Crippen molar-refractivity contribution in [2.24, 2.45) is 5.92 Å². The fourth-order valence-corrected chi connectivity index (χ4v) is 4.06. The second-order valence-corrected chi connectivity index (χ2v) is 7.44. The number of thioether (sulfide) groups is 1. The molecule has 0 spiro atoms. The summed E-state index contributed by atoms with van der Waals surface area (Å²) in [5.74, 6) is -0.456. The quantitative estimate of drug-likeness (QED) is 0.786. The van der Waals surface area contributed by atoms with E-state index in [1.807, 2.05) is 26.0 Å². The highest BCUT2D eigenvalue weighted by Crippen LogP contribution is 2.35. The van der Waals surface area contributed by atoms with Crippen LogP contribution >= 0.6 is 34.4 Å². The highest BCUT2D eigenvalue weighted by molar-refractivity contribution is 14.1. The molecule has 20 heavy (non-hydrogen) atoms. The summed E-state index contributed by atoms with van der Waals surface area (Å²) < 4.78 is 1.05. The van der Waals surface area contributed by atoms with Crippen LogP contribution in [0.15, 0.2) is 24.3 Å². The molecule has 6 heteroatoms. The number of carboxylic acid groups (broad SMARTS) is 1. The predicted octanol–water partition coefficient (Wildman–Crippen LogP) is 2.92. The largest absolute Gasteiger partial charge is 0.480 e. The number of benzene rings is 1. The minimum Gasteiger partial charge on any atom is -0.480 e. The SMILES string of the molecule is CC(C)C1SCC(C(=O)O)N1C(=O)c1ccc(I)cc1. The second-order valence-electron chi connectivity index (χ2n) is 5.04. The van der Waals surface area contributed by atoms with E-state index in [4.69, 9.17) is 0 Å². The van der Waals surface area contributed by atoms with Crippen LogP contribution in [0.4, 0.5) is 0 Å². The number of carbonyl (C=O) groups excluding carboxylic acids is 1. The molecule has 1 amide bonds. The van der Waals surface area contributed by atoms with Crippen LogP contribution in [0, 0.1) is 9.49 Å². The first-order chi connectivity index (χ1) is 9.41. The van der Waals surface area contributed by atoms with Crippen molar-refractivity contribution in [3.63, 3.8) is 0 Å². The van der Waals surface area contributed by atoms with Gasteiger partial charge in [-0.2, -0.15) is 0 Å². The van der Waals surface area contributed by atoms with E-state index in [0.29, 0.717) is 11.3 Å². The zero-order chi connectivity index (χ0) is 14.9. The molecular weight excluding hydrogens is 389 g/mol. The van der Waals surface area contributed by atoms with E-state index < -0.39 is 12.0 Å². The van der Waals surface area contributed by atoms with E-state index in [1.54, 1.807) is 23.9 Å². The number of amides is 1. The summed E-state index contributed by atoms with van der Waals surface area (Å²) in [6.07, 6.45) is 0. The Kier molecular flexibility index (Phi) is 4.95. The molecule has 0 radical (unpaired) electrons. The first kappa shape index (κ1) is 15.6. The number of nitrogens with zero attached hydrogens (tertiary/aromatic N) is 1. The van der Waals surface area contributed by atoms with E-state index >= 15 is 0 Å². The highest BCUT2D eigenvalue weighted by Gasteiger charge is 2.43. The summed E-state index contributed by atoms with van der Waals surface area (Å²) in [6, 6.07) is 6.49. The van der Waals surface area contributed by atoms with Crippen LogP contribution < -0.4 is 0 Å². The summed E-state index contributed by atoms with van der Waals surface area (Å²) in [5, 5.41) is 9.23. The summed E-state index contributed by atoms with van der Waals surface area (Å²) in [4.78, 5) is 25.5. The van der Waals surface area contributed by atoms with Gasteiger partial charge in [0.2, 0.25) is 0 Å². The van der Waals surface area contributed by atoms with Crippen molar-refractivity contribution in [2.75, 3.05) is 5.75 Å². The van der Waals surface area contributed by atoms with Gasteiger partial charge in [0.25, 0.3) is 5.91 Å². The van der Waals surface area contributed by atoms with E-state index in [-0.39, 0.29) is 17.2 Å². The van der Waals surface area contributed by atoms with Gasteiger partial charge < -0.3 is 10.0 Å². The lowest BCUT2D eigenvalue weighted by atomic mass is 10.1. The van der Waals surface area contributed by atoms with Crippen LogP contribution in [-0.2, 0) is 4.79 Å². The van der Waals surface area contributed by atoms with Gasteiger partial charge in [0.15, 0.2) is 0 Å². The Morgan fingerprint density at radius 2 is 1.95 bits per heavy atom. The molecule has 0 saturated carbocycles. The molecule has 2 unspecified atom stereocenters. The van der Waals surface area contributed by atoms with Crippen LogP contribution in [0.5, 0.6) is 0 Å². The standard InChI is InChI=1S/C14H16INO3S/c1-8(2)13-16(11(7-20-13)14(18)19)12(17)9-3-5-10(15)6-4-9/h3-6,8,11,13H,7H2,1-2H3,(H,18,19). The summed E-state index contributed by atoms with van der Waals surface area (Å²) in [7, 11) is 0. The van der Waals surface area contributed by atoms with Crippen molar-refractivity contribution >= 4 is 46.2 Å². The van der Waals surface area contributed by atoms with Gasteiger partial charge >= 0.3 is 5.97 Å². The Bertz CT molecular complexity index is 518. The third-order valence-corrected chi connectivity index (χ3v) is 5.56. The lowest BCUT2D eigenvalue weighted by Crippen LogP contribution is -2.47. The Balaban J connectivity index is 2.31. The molecule has 2 atom stereocenters. The summed E-state index contributed by atoms with van der Waals surface area (Å²) in [6.45, 7) is 4.02. The molecule has 1 aliphatic heterocycles. The third-order valence-electron chi connectivity index (χ3n) is 3.22. The Morgan fingerprint density at radius 1 is 1.35 bits per heavy atom. The molecule has 1 fully saturated rings. The number of halogens is 1. The molecule has 1 aromatic rings. The number of carboxylic acids is 1. The third kappa shape index (κ3) is 3.11. The fourth-order valence-electron chi connectivity index (χ4n) is 2.23. The van der Waals surface area contributed by atoms with Gasteiger partial charge in [0, 0.05) is 14.9 Å². The molecular formula is C14H16INO3S. The van der Waals surface area contributed by atoms with Crippen LogP contribution in [0.3, 0.4) is 0 Å². The molecule has 108 valence electrons. The predicted molar refractivity (Wildman–Crippen MR) is 87.8 cm³/mol. The maximum atomic E-state index is 12.6. The molecule has 1 N–H and O–H groups in total. The fraction of sp³-hybridized carbons (Fsp3) is 0.429. The normalized spacial score (nSPS) is 22.3. The van der Waals surface area contributed by atoms with Gasteiger partial charge in [-0.3, -0.25) is 4.79 Å². The number of hydrogen-bond acceptors (Lipinski definition) is 3. The topological polar surface area (TPSA) is 57.6 Å². The maximum Gasteiger partial charge on any atom is 0.327 e. The van der Waals surface area contributed by atoms with Crippen molar-refractivity contribution in [1.82, 2.24) is 4.90 Å². The van der Waals surface area contributed by atoms with E-state index in [1.165, 1.54) is 4.90 Å². The molecule has 1 aliphatic rings. The van der Waals surface area contributed by atoms with Crippen LogP contribution in [0.1, 0.15) is 24.2 Å². The average molecular weight is 405 g/mol. The first-order valence-corrected chi connectivity index (χ1v) is 8.47. The maximum absolute atomic E-state index is 12.6. The highest BCUT2D eigenvalue weighted by atomic mass is 127. The van der Waals surface area contributed by atoms with E-state index in [2.05, 4.69) is 22.6 Å². The van der Waals surface area contributed by atoms with E-state index in [0.717, 1.165) is 3.57 Å². The van der Waals surface area contributed by atoms with Crippen LogP contribution in [0.2, 0.25) is 0 Å². The zero-order valence-corrected chi connectivity index (χ0v) is 14.2. The number of hydrogen-bond donors (Lipinski definition) is 1. The Morgan fingerprint density at radius 3 is 2.45 bits per heavy atom. The van der Waals surface area contributed by atoms with Crippen molar-refractivity contribution in [2.45, 2.75) is 25.3 Å². The van der Waals surface area contributed by atoms with E-state index in [9.17, 15) is 14.7 Å². The van der Waals surface area contributed by atoms with Crippen LogP contribution in [-0.4, -0.2) is 39.1 Å². The monoisotopic (exact) mass is 405 g/mol. The van der Waals surface area contributed by atoms with Crippen molar-refractivity contribution in [3.8, 4) is 0 Å². The number of aliphatic carboxylic acids is 1. The van der Waals surface area contributed by atoms with Gasteiger partial charge in [0.1, 0.15) is 6.04 Å². The summed E-state index contributed by atoms with van der Waals surface area (Å²) in [5.41, 5.74) is 0.546. The molecule has 1 saturated heterocycles. The van der Waals surface area contributed by atoms with Gasteiger partial charge in [0.05, 0.1) is 5.37 Å². The Labute approximate surface area is 136 Å². The number of rotatable bonds is 3. The van der Waals surface area contributed by atoms with Gasteiger partial charge in [-0.25, -0.2) is 4.79 Å². The van der Waals surface area contributed by atoms with Gasteiger partial charge in [-0.05, 0) is 52.8 Å². The minimum atomic E-state index is -0.931. The molecule has 2 rings (SSSR count). The zero-order valence-electron chi connectivity index (χ0n) is 11.2. The van der Waals surface area contributed by atoms with Crippen molar-refractivity contribution in [3.05, 3.63) is 33.4 Å². The Hall–Kier alpha value is -0.760. The molecule has 0 bridgehead atoms. The molecule has 0 aromatic heterocycles. The number of carbonyl (C=O) groups is 2. The molecule has 4 nitrogen and oxygen atoms in total. The lowest BCUT2D eigenvalue weighted by Gasteiger charge is -2.29.